The molecule has 1 aliphatic rings. The second kappa shape index (κ2) is 4.34. The number of nitrogens with zero attached hydrogens (tertiary/aromatic N) is 1. The number of fused-ring (bicyclic) bond motifs is 1. The van der Waals surface area contributed by atoms with Gasteiger partial charge in [0.25, 0.3) is 0 Å². The van der Waals surface area contributed by atoms with Crippen molar-refractivity contribution in [1.29, 1.82) is 0 Å². The Morgan fingerprint density at radius 1 is 1.35 bits per heavy atom. The summed E-state index contributed by atoms with van der Waals surface area (Å²) in [7, 11) is 2.09. The van der Waals surface area contributed by atoms with Crippen LogP contribution in [0, 0.1) is 5.41 Å². The standard InChI is InChI=1S/C15H23NO/c1-15(2,3)10-11-5-6-13-12(9-11)14(17)7-8-16(13)4/h5-6,9,14,17H,7-8,10H2,1-4H3. The lowest BCUT2D eigenvalue weighted by molar-refractivity contribution is 0.165. The van der Waals surface area contributed by atoms with Crippen molar-refractivity contribution in [1.82, 2.24) is 0 Å². The minimum atomic E-state index is -0.291. The third kappa shape index (κ3) is 2.81. The Morgan fingerprint density at radius 2 is 2.06 bits per heavy atom. The van der Waals surface area contributed by atoms with Crippen LogP contribution in [0.4, 0.5) is 5.69 Å². The first-order chi connectivity index (χ1) is 7.87. The molecule has 17 heavy (non-hydrogen) atoms. The Balaban J connectivity index is 2.32. The van der Waals surface area contributed by atoms with Gasteiger partial charge in [-0.1, -0.05) is 32.9 Å². The van der Waals surface area contributed by atoms with Crippen LogP contribution in [-0.2, 0) is 6.42 Å². The molecule has 2 nitrogen and oxygen atoms in total. The van der Waals surface area contributed by atoms with Gasteiger partial charge >= 0.3 is 0 Å². The summed E-state index contributed by atoms with van der Waals surface area (Å²) >= 11 is 0. The fraction of sp³-hybridized carbons (Fsp3) is 0.600. The predicted octanol–water partition coefficient (Wildman–Crippen LogP) is 3.15. The Morgan fingerprint density at radius 3 is 2.71 bits per heavy atom. The molecule has 0 radical (unpaired) electrons. The van der Waals surface area contributed by atoms with Gasteiger partial charge in [0.1, 0.15) is 0 Å². The van der Waals surface area contributed by atoms with E-state index in [9.17, 15) is 5.11 Å². The molecule has 1 unspecified atom stereocenters. The largest absolute Gasteiger partial charge is 0.388 e. The van der Waals surface area contributed by atoms with Crippen LogP contribution in [0.25, 0.3) is 0 Å². The van der Waals surface area contributed by atoms with Crippen LogP contribution in [0.15, 0.2) is 18.2 Å². The van der Waals surface area contributed by atoms with Gasteiger partial charge in [-0.2, -0.15) is 0 Å². The van der Waals surface area contributed by atoms with Crippen molar-refractivity contribution in [2.24, 2.45) is 5.41 Å². The number of aliphatic hydroxyl groups is 1. The zero-order valence-electron chi connectivity index (χ0n) is 11.3. The summed E-state index contributed by atoms with van der Waals surface area (Å²) in [6.07, 6.45) is 1.60. The first-order valence-electron chi connectivity index (χ1n) is 6.39. The second-order valence-corrected chi connectivity index (χ2v) is 6.36. The lowest BCUT2D eigenvalue weighted by Crippen LogP contribution is -2.27. The van der Waals surface area contributed by atoms with E-state index in [4.69, 9.17) is 0 Å². The van der Waals surface area contributed by atoms with Gasteiger partial charge in [-0.15, -0.1) is 0 Å². The molecule has 0 saturated heterocycles. The molecule has 1 aromatic rings. The van der Waals surface area contributed by atoms with Crippen LogP contribution in [0.5, 0.6) is 0 Å². The molecule has 1 heterocycles. The minimum Gasteiger partial charge on any atom is -0.388 e. The van der Waals surface area contributed by atoms with E-state index in [0.29, 0.717) is 5.41 Å². The van der Waals surface area contributed by atoms with Crippen LogP contribution in [0.2, 0.25) is 0 Å². The Bertz CT molecular complexity index is 406. The zero-order valence-corrected chi connectivity index (χ0v) is 11.3. The highest BCUT2D eigenvalue weighted by Gasteiger charge is 2.22. The van der Waals surface area contributed by atoms with Gasteiger partial charge in [-0.25, -0.2) is 0 Å². The van der Waals surface area contributed by atoms with E-state index in [1.165, 1.54) is 11.3 Å². The number of hydrogen-bond acceptors (Lipinski definition) is 2. The monoisotopic (exact) mass is 233 g/mol. The molecule has 1 aromatic carbocycles. The van der Waals surface area contributed by atoms with Crippen LogP contribution in [0.1, 0.15) is 44.4 Å². The van der Waals surface area contributed by atoms with Gasteiger partial charge in [0.2, 0.25) is 0 Å². The second-order valence-electron chi connectivity index (χ2n) is 6.36. The van der Waals surface area contributed by atoms with Crippen LogP contribution in [0.3, 0.4) is 0 Å². The van der Waals surface area contributed by atoms with Gasteiger partial charge < -0.3 is 10.0 Å². The fourth-order valence-electron chi connectivity index (χ4n) is 2.53. The van der Waals surface area contributed by atoms with E-state index in [-0.39, 0.29) is 6.10 Å². The Hall–Kier alpha value is -1.02. The van der Waals surface area contributed by atoms with E-state index >= 15 is 0 Å². The number of rotatable bonds is 1. The summed E-state index contributed by atoms with van der Waals surface area (Å²) in [5.41, 5.74) is 3.90. The highest BCUT2D eigenvalue weighted by atomic mass is 16.3. The molecule has 1 N–H and O–H groups in total. The molecule has 94 valence electrons. The number of anilines is 1. The van der Waals surface area contributed by atoms with Crippen molar-refractivity contribution < 1.29 is 5.11 Å². The normalized spacial score (nSPS) is 20.3. The molecular formula is C15H23NO. The summed E-state index contributed by atoms with van der Waals surface area (Å²) < 4.78 is 0. The van der Waals surface area contributed by atoms with Crippen molar-refractivity contribution in [2.75, 3.05) is 18.5 Å². The maximum atomic E-state index is 10.1. The number of hydrogen-bond donors (Lipinski definition) is 1. The first kappa shape index (κ1) is 12.4. The van der Waals surface area contributed by atoms with Crippen molar-refractivity contribution in [3.05, 3.63) is 29.3 Å². The quantitative estimate of drug-likeness (QED) is 0.805. The van der Waals surface area contributed by atoms with Gasteiger partial charge in [-0.05, 0) is 29.9 Å². The Labute approximate surface area is 104 Å². The van der Waals surface area contributed by atoms with E-state index in [2.05, 4.69) is 50.9 Å². The molecule has 0 bridgehead atoms. The van der Waals surface area contributed by atoms with Crippen molar-refractivity contribution in [2.45, 2.75) is 39.7 Å². The molecular weight excluding hydrogens is 210 g/mol. The van der Waals surface area contributed by atoms with Gasteiger partial charge in [0, 0.05) is 24.8 Å². The minimum absolute atomic E-state index is 0.291. The fourth-order valence-corrected chi connectivity index (χ4v) is 2.53. The zero-order chi connectivity index (χ0) is 12.6. The summed E-state index contributed by atoms with van der Waals surface area (Å²) in [6, 6.07) is 6.53. The summed E-state index contributed by atoms with van der Waals surface area (Å²) in [5.74, 6) is 0. The van der Waals surface area contributed by atoms with Crippen LogP contribution in [-0.4, -0.2) is 18.7 Å². The maximum absolute atomic E-state index is 10.1. The van der Waals surface area contributed by atoms with Gasteiger partial charge in [0.05, 0.1) is 6.10 Å². The van der Waals surface area contributed by atoms with Crippen molar-refractivity contribution >= 4 is 5.69 Å². The molecule has 0 amide bonds. The highest BCUT2D eigenvalue weighted by Crippen LogP contribution is 2.34. The predicted molar refractivity (Wildman–Crippen MR) is 72.4 cm³/mol. The molecule has 1 atom stereocenters. The molecule has 1 aliphatic heterocycles. The lowest BCUT2D eigenvalue weighted by Gasteiger charge is -2.31. The average Bonchev–Trinajstić information content (AvgIpc) is 2.21. The van der Waals surface area contributed by atoms with E-state index in [1.54, 1.807) is 0 Å². The molecule has 2 rings (SSSR count). The molecule has 2 heteroatoms. The molecule has 0 aliphatic carbocycles. The molecule has 0 fully saturated rings. The van der Waals surface area contributed by atoms with Gasteiger partial charge in [-0.3, -0.25) is 0 Å². The smallest absolute Gasteiger partial charge is 0.0827 e. The third-order valence-electron chi connectivity index (χ3n) is 3.33. The summed E-state index contributed by atoms with van der Waals surface area (Å²) in [5, 5.41) is 10.1. The molecule has 0 spiro atoms. The van der Waals surface area contributed by atoms with Crippen molar-refractivity contribution in [3.8, 4) is 0 Å². The summed E-state index contributed by atoms with van der Waals surface area (Å²) in [4.78, 5) is 2.23. The number of benzene rings is 1. The number of aliphatic hydroxyl groups excluding tert-OH is 1. The topological polar surface area (TPSA) is 23.5 Å². The molecule has 0 aromatic heterocycles. The SMILES string of the molecule is CN1CCC(O)c2cc(CC(C)(C)C)ccc21. The van der Waals surface area contributed by atoms with Crippen molar-refractivity contribution in [3.63, 3.8) is 0 Å². The Kier molecular flexibility index (Phi) is 3.17. The summed E-state index contributed by atoms with van der Waals surface area (Å²) in [6.45, 7) is 7.67. The van der Waals surface area contributed by atoms with Gasteiger partial charge in [0.15, 0.2) is 0 Å². The van der Waals surface area contributed by atoms with E-state index in [0.717, 1.165) is 24.9 Å². The third-order valence-corrected chi connectivity index (χ3v) is 3.33. The van der Waals surface area contributed by atoms with Crippen LogP contribution >= 0.6 is 0 Å². The average molecular weight is 233 g/mol. The first-order valence-corrected chi connectivity index (χ1v) is 6.39. The van der Waals surface area contributed by atoms with E-state index in [1.807, 2.05) is 0 Å². The lowest BCUT2D eigenvalue weighted by atomic mass is 9.86. The van der Waals surface area contributed by atoms with Crippen LogP contribution < -0.4 is 4.90 Å². The van der Waals surface area contributed by atoms with E-state index < -0.39 is 0 Å². The highest BCUT2D eigenvalue weighted by molar-refractivity contribution is 5.57. The maximum Gasteiger partial charge on any atom is 0.0827 e. The molecule has 0 saturated carbocycles.